The first-order chi connectivity index (χ1) is 13.8. The number of amides is 2. The Kier molecular flexibility index (Phi) is 5.99. The lowest BCUT2D eigenvalue weighted by molar-refractivity contribution is -0.384. The Morgan fingerprint density at radius 1 is 0.897 bits per heavy atom. The lowest BCUT2D eigenvalue weighted by Gasteiger charge is -2.09. The molecule has 0 heterocycles. The van der Waals surface area contributed by atoms with Crippen molar-refractivity contribution in [2.24, 2.45) is 0 Å². The molecule has 0 radical (unpaired) electrons. The van der Waals surface area contributed by atoms with Gasteiger partial charge in [-0.05, 0) is 42.5 Å². The second kappa shape index (κ2) is 8.61. The predicted octanol–water partition coefficient (Wildman–Crippen LogP) is 5.00. The third kappa shape index (κ3) is 5.02. The maximum atomic E-state index is 13.9. The van der Waals surface area contributed by atoms with Crippen molar-refractivity contribution in [3.63, 3.8) is 0 Å². The van der Waals surface area contributed by atoms with Crippen molar-refractivity contribution in [3.05, 3.63) is 98.3 Å². The molecule has 0 aliphatic heterocycles. The number of non-ortho nitro benzene ring substituents is 1. The van der Waals surface area contributed by atoms with Crippen LogP contribution in [0.15, 0.2) is 71.2 Å². The molecule has 0 fully saturated rings. The maximum Gasteiger partial charge on any atom is 0.271 e. The van der Waals surface area contributed by atoms with Crippen LogP contribution >= 0.6 is 15.9 Å². The number of anilines is 2. The minimum absolute atomic E-state index is 0.142. The number of hydrogen-bond acceptors (Lipinski definition) is 4. The molecule has 7 nitrogen and oxygen atoms in total. The molecule has 0 aliphatic rings. The van der Waals surface area contributed by atoms with Crippen molar-refractivity contribution in [2.75, 3.05) is 10.6 Å². The van der Waals surface area contributed by atoms with Crippen LogP contribution in [-0.4, -0.2) is 16.7 Å². The monoisotopic (exact) mass is 457 g/mol. The van der Waals surface area contributed by atoms with E-state index >= 15 is 0 Å². The van der Waals surface area contributed by atoms with Crippen LogP contribution in [-0.2, 0) is 0 Å². The number of nitrogens with zero attached hydrogens (tertiary/aromatic N) is 1. The molecule has 3 aromatic carbocycles. The summed E-state index contributed by atoms with van der Waals surface area (Å²) < 4.78 is 14.6. The molecule has 2 N–H and O–H groups in total. The van der Waals surface area contributed by atoms with Gasteiger partial charge in [-0.15, -0.1) is 0 Å². The summed E-state index contributed by atoms with van der Waals surface area (Å²) in [7, 11) is 0. The van der Waals surface area contributed by atoms with Crippen molar-refractivity contribution in [1.29, 1.82) is 0 Å². The highest BCUT2D eigenvalue weighted by Gasteiger charge is 2.15. The van der Waals surface area contributed by atoms with Crippen LogP contribution in [0.4, 0.5) is 21.5 Å². The zero-order valence-corrected chi connectivity index (χ0v) is 16.3. The number of hydrogen-bond donors (Lipinski definition) is 2. The van der Waals surface area contributed by atoms with Crippen molar-refractivity contribution in [1.82, 2.24) is 0 Å². The molecule has 3 aromatic rings. The normalized spacial score (nSPS) is 10.3. The minimum atomic E-state index is -0.803. The van der Waals surface area contributed by atoms with Crippen LogP contribution in [0.3, 0.4) is 0 Å². The molecule has 0 bridgehead atoms. The summed E-state index contributed by atoms with van der Waals surface area (Å²) in [6, 6.07) is 15.7. The van der Waals surface area contributed by atoms with Gasteiger partial charge in [-0.2, -0.15) is 0 Å². The average Bonchev–Trinajstić information content (AvgIpc) is 2.69. The first-order valence-electron chi connectivity index (χ1n) is 8.26. The second-order valence-corrected chi connectivity index (χ2v) is 6.84. The fourth-order valence-electron chi connectivity index (χ4n) is 2.49. The highest BCUT2D eigenvalue weighted by Crippen LogP contribution is 2.22. The minimum Gasteiger partial charge on any atom is -0.322 e. The zero-order valence-electron chi connectivity index (χ0n) is 14.7. The van der Waals surface area contributed by atoms with Gasteiger partial charge in [0.25, 0.3) is 17.5 Å². The lowest BCUT2D eigenvalue weighted by Crippen LogP contribution is -2.15. The Bertz CT molecular complexity index is 1120. The predicted molar refractivity (Wildman–Crippen MR) is 110 cm³/mol. The van der Waals surface area contributed by atoms with Gasteiger partial charge in [-0.3, -0.25) is 19.7 Å². The van der Waals surface area contributed by atoms with Crippen molar-refractivity contribution < 1.29 is 18.9 Å². The average molecular weight is 458 g/mol. The lowest BCUT2D eigenvalue weighted by atomic mass is 10.1. The molecule has 0 saturated heterocycles. The zero-order chi connectivity index (χ0) is 21.0. The summed E-state index contributed by atoms with van der Waals surface area (Å²) in [5, 5.41) is 15.8. The largest absolute Gasteiger partial charge is 0.322 e. The van der Waals surface area contributed by atoms with E-state index in [0.717, 1.165) is 22.7 Å². The summed E-state index contributed by atoms with van der Waals surface area (Å²) >= 11 is 3.29. The summed E-state index contributed by atoms with van der Waals surface area (Å²) in [5.41, 5.74) is 0.266. The molecule has 0 saturated carbocycles. The summed E-state index contributed by atoms with van der Waals surface area (Å²) in [6.45, 7) is 0. The number of nitro benzene ring substituents is 1. The van der Waals surface area contributed by atoms with E-state index in [0.29, 0.717) is 11.3 Å². The van der Waals surface area contributed by atoms with Crippen molar-refractivity contribution in [2.45, 2.75) is 0 Å². The van der Waals surface area contributed by atoms with Gasteiger partial charge in [-0.25, -0.2) is 4.39 Å². The number of carbonyl (C=O) groups is 2. The molecule has 0 spiro atoms. The van der Waals surface area contributed by atoms with E-state index in [1.165, 1.54) is 12.1 Å². The smallest absolute Gasteiger partial charge is 0.271 e. The molecule has 0 atom stereocenters. The number of carbonyl (C=O) groups excluding carboxylic acids is 2. The van der Waals surface area contributed by atoms with E-state index in [4.69, 9.17) is 0 Å². The van der Waals surface area contributed by atoms with Gasteiger partial charge < -0.3 is 10.6 Å². The number of nitrogens with one attached hydrogen (secondary N) is 2. The molecule has 3 rings (SSSR count). The SMILES string of the molecule is O=C(Nc1cccc(C(=O)Nc2cc([N+](=O)[O-])ccc2F)c1)c1cccc(Br)c1. The highest BCUT2D eigenvalue weighted by atomic mass is 79.9. The van der Waals surface area contributed by atoms with Crippen molar-refractivity contribution >= 4 is 44.8 Å². The third-order valence-electron chi connectivity index (χ3n) is 3.88. The van der Waals surface area contributed by atoms with Gasteiger partial charge >= 0.3 is 0 Å². The number of benzene rings is 3. The number of halogens is 2. The Balaban J connectivity index is 1.77. The summed E-state index contributed by atoms with van der Waals surface area (Å²) in [6.07, 6.45) is 0. The topological polar surface area (TPSA) is 101 Å². The van der Waals surface area contributed by atoms with E-state index in [2.05, 4.69) is 26.6 Å². The second-order valence-electron chi connectivity index (χ2n) is 5.92. The Morgan fingerprint density at radius 3 is 2.24 bits per heavy atom. The molecule has 2 amide bonds. The highest BCUT2D eigenvalue weighted by molar-refractivity contribution is 9.10. The maximum absolute atomic E-state index is 13.9. The Hall–Kier alpha value is -3.59. The van der Waals surface area contributed by atoms with Gasteiger partial charge in [0, 0.05) is 33.4 Å². The van der Waals surface area contributed by atoms with Gasteiger partial charge in [0.15, 0.2) is 0 Å². The van der Waals surface area contributed by atoms with Crippen molar-refractivity contribution in [3.8, 4) is 0 Å². The molecule has 29 heavy (non-hydrogen) atoms. The van der Waals surface area contributed by atoms with Gasteiger partial charge in [0.05, 0.1) is 10.6 Å². The molecule has 0 aliphatic carbocycles. The summed E-state index contributed by atoms with van der Waals surface area (Å²) in [5.74, 6) is -1.85. The van der Waals surface area contributed by atoms with E-state index in [1.807, 2.05) is 0 Å². The van der Waals surface area contributed by atoms with E-state index in [1.54, 1.807) is 36.4 Å². The standard InChI is InChI=1S/C20H13BrFN3O4/c21-14-5-1-3-12(9-14)19(26)23-15-6-2-4-13(10-15)20(27)24-18-11-16(25(28)29)7-8-17(18)22/h1-11H,(H,23,26)(H,24,27). The molecular weight excluding hydrogens is 445 g/mol. The first kappa shape index (κ1) is 20.2. The van der Waals surface area contributed by atoms with E-state index in [-0.39, 0.29) is 22.8 Å². The van der Waals surface area contributed by atoms with Crippen LogP contribution in [0, 0.1) is 15.9 Å². The fourth-order valence-corrected chi connectivity index (χ4v) is 2.89. The van der Waals surface area contributed by atoms with Crippen LogP contribution < -0.4 is 10.6 Å². The molecule has 9 heteroatoms. The number of rotatable bonds is 5. The van der Waals surface area contributed by atoms with Crippen LogP contribution in [0.1, 0.15) is 20.7 Å². The molecule has 0 aromatic heterocycles. The van der Waals surface area contributed by atoms with Gasteiger partial charge in [-0.1, -0.05) is 28.1 Å². The quantitative estimate of drug-likeness (QED) is 0.415. The van der Waals surface area contributed by atoms with Crippen LogP contribution in [0.5, 0.6) is 0 Å². The van der Waals surface area contributed by atoms with Crippen LogP contribution in [0.2, 0.25) is 0 Å². The Morgan fingerprint density at radius 2 is 1.55 bits per heavy atom. The van der Waals surface area contributed by atoms with Gasteiger partial charge in [0.2, 0.25) is 0 Å². The molecule has 146 valence electrons. The van der Waals surface area contributed by atoms with E-state index in [9.17, 15) is 24.1 Å². The molecular formula is C20H13BrFN3O4. The van der Waals surface area contributed by atoms with Crippen LogP contribution in [0.25, 0.3) is 0 Å². The van der Waals surface area contributed by atoms with Gasteiger partial charge in [0.1, 0.15) is 5.82 Å². The third-order valence-corrected chi connectivity index (χ3v) is 4.37. The number of nitro groups is 1. The van der Waals surface area contributed by atoms with E-state index < -0.39 is 16.6 Å². The Labute approximate surface area is 172 Å². The fraction of sp³-hybridized carbons (Fsp3) is 0. The summed E-state index contributed by atoms with van der Waals surface area (Å²) in [4.78, 5) is 34.9. The molecule has 0 unspecified atom stereocenters. The first-order valence-corrected chi connectivity index (χ1v) is 9.05.